The van der Waals surface area contributed by atoms with Gasteiger partial charge in [-0.3, -0.25) is 0 Å². The van der Waals surface area contributed by atoms with Crippen LogP contribution in [0.3, 0.4) is 0 Å². The van der Waals surface area contributed by atoms with Gasteiger partial charge in [0.05, 0.1) is 24.9 Å². The molecular formula is C12H16F2O2. The van der Waals surface area contributed by atoms with Gasteiger partial charge in [0.15, 0.2) is 0 Å². The first-order valence-corrected chi connectivity index (χ1v) is 5.01. The Kier molecular flexibility index (Phi) is 3.86. The van der Waals surface area contributed by atoms with Crippen molar-refractivity contribution in [3.63, 3.8) is 0 Å². The number of methoxy groups -OCH3 is 1. The van der Waals surface area contributed by atoms with E-state index in [0.717, 1.165) is 0 Å². The van der Waals surface area contributed by atoms with Crippen LogP contribution in [-0.4, -0.2) is 24.0 Å². The first-order valence-electron chi connectivity index (χ1n) is 5.01. The first kappa shape index (κ1) is 12.9. The van der Waals surface area contributed by atoms with Crippen LogP contribution in [0.2, 0.25) is 0 Å². The fourth-order valence-electron chi connectivity index (χ4n) is 1.46. The molecule has 1 N–H and O–H groups in total. The summed E-state index contributed by atoms with van der Waals surface area (Å²) in [6.07, 6.45) is 3.47. The standard InChI is InChI=1S/C12H16F2O2/c1-12(2,15)8-6-10(13)9(4-5-16-3)11(14)7-8/h4-7,9-10,15H,1-3H3/b5-4+. The average Bonchev–Trinajstić information content (AvgIpc) is 2.15. The fourth-order valence-corrected chi connectivity index (χ4v) is 1.46. The summed E-state index contributed by atoms with van der Waals surface area (Å²) in [4.78, 5) is 0. The smallest absolute Gasteiger partial charge is 0.132 e. The molecule has 4 heteroatoms. The van der Waals surface area contributed by atoms with Gasteiger partial charge in [0.2, 0.25) is 0 Å². The van der Waals surface area contributed by atoms with E-state index in [-0.39, 0.29) is 5.57 Å². The monoisotopic (exact) mass is 230 g/mol. The largest absolute Gasteiger partial charge is 0.505 e. The van der Waals surface area contributed by atoms with Gasteiger partial charge in [-0.05, 0) is 37.6 Å². The maximum atomic E-state index is 13.6. The van der Waals surface area contributed by atoms with E-state index in [1.54, 1.807) is 0 Å². The van der Waals surface area contributed by atoms with Crippen LogP contribution in [0, 0.1) is 5.92 Å². The van der Waals surface area contributed by atoms with Crippen molar-refractivity contribution in [3.05, 3.63) is 35.9 Å². The van der Waals surface area contributed by atoms with Crippen LogP contribution >= 0.6 is 0 Å². The lowest BCUT2D eigenvalue weighted by atomic mass is 9.87. The number of allylic oxidation sites excluding steroid dienone is 3. The molecule has 0 heterocycles. The maximum absolute atomic E-state index is 13.6. The molecule has 0 saturated carbocycles. The van der Waals surface area contributed by atoms with Gasteiger partial charge in [-0.15, -0.1) is 0 Å². The maximum Gasteiger partial charge on any atom is 0.132 e. The zero-order valence-corrected chi connectivity index (χ0v) is 9.58. The first-order chi connectivity index (χ1) is 7.36. The predicted molar refractivity (Wildman–Crippen MR) is 58.1 cm³/mol. The molecule has 0 saturated heterocycles. The Morgan fingerprint density at radius 2 is 2.12 bits per heavy atom. The molecule has 2 nitrogen and oxygen atoms in total. The summed E-state index contributed by atoms with van der Waals surface area (Å²) in [5.74, 6) is -1.58. The van der Waals surface area contributed by atoms with Gasteiger partial charge in [0, 0.05) is 0 Å². The second-order valence-corrected chi connectivity index (χ2v) is 4.24. The quantitative estimate of drug-likeness (QED) is 0.755. The van der Waals surface area contributed by atoms with E-state index in [9.17, 15) is 13.9 Å². The lowest BCUT2D eigenvalue weighted by molar-refractivity contribution is 0.120. The number of ether oxygens (including phenoxy) is 1. The minimum absolute atomic E-state index is 0.250. The van der Waals surface area contributed by atoms with Crippen LogP contribution in [0.25, 0.3) is 0 Å². The Morgan fingerprint density at radius 3 is 2.56 bits per heavy atom. The van der Waals surface area contributed by atoms with Crippen LogP contribution in [0.1, 0.15) is 13.8 Å². The Labute approximate surface area is 93.9 Å². The summed E-state index contributed by atoms with van der Waals surface area (Å²) in [6.45, 7) is 2.97. The molecule has 90 valence electrons. The molecular weight excluding hydrogens is 214 g/mol. The molecule has 16 heavy (non-hydrogen) atoms. The third-order valence-electron chi connectivity index (χ3n) is 2.42. The van der Waals surface area contributed by atoms with Crippen LogP contribution in [0.4, 0.5) is 8.78 Å². The molecule has 2 unspecified atom stereocenters. The zero-order valence-electron chi connectivity index (χ0n) is 9.58. The normalized spacial score (nSPS) is 26.6. The molecule has 0 aromatic carbocycles. The van der Waals surface area contributed by atoms with Crippen molar-refractivity contribution in [1.82, 2.24) is 0 Å². The van der Waals surface area contributed by atoms with E-state index in [4.69, 9.17) is 0 Å². The number of halogens is 2. The van der Waals surface area contributed by atoms with Crippen LogP contribution in [0.5, 0.6) is 0 Å². The van der Waals surface area contributed by atoms with Gasteiger partial charge >= 0.3 is 0 Å². The summed E-state index contributed by atoms with van der Waals surface area (Å²) in [6, 6.07) is 0. The highest BCUT2D eigenvalue weighted by Gasteiger charge is 2.30. The topological polar surface area (TPSA) is 29.5 Å². The molecule has 0 amide bonds. The second-order valence-electron chi connectivity index (χ2n) is 4.24. The Balaban J connectivity index is 2.93. The SMILES string of the molecule is CO/C=C/C1C(F)=CC(C(C)(C)O)=CC1F. The van der Waals surface area contributed by atoms with Crippen LogP contribution in [0.15, 0.2) is 35.9 Å². The van der Waals surface area contributed by atoms with E-state index in [1.807, 2.05) is 0 Å². The molecule has 0 radical (unpaired) electrons. The lowest BCUT2D eigenvalue weighted by Crippen LogP contribution is -2.27. The molecule has 0 aromatic rings. The van der Waals surface area contributed by atoms with Crippen molar-refractivity contribution in [1.29, 1.82) is 0 Å². The Morgan fingerprint density at radius 1 is 1.50 bits per heavy atom. The zero-order chi connectivity index (χ0) is 12.3. The van der Waals surface area contributed by atoms with Crippen molar-refractivity contribution in [2.45, 2.75) is 25.6 Å². The van der Waals surface area contributed by atoms with Gasteiger partial charge < -0.3 is 9.84 Å². The number of rotatable bonds is 3. The highest BCUT2D eigenvalue weighted by Crippen LogP contribution is 2.32. The average molecular weight is 230 g/mol. The van der Waals surface area contributed by atoms with Crippen molar-refractivity contribution in [2.75, 3.05) is 7.11 Å². The molecule has 1 aliphatic rings. The summed E-state index contributed by atoms with van der Waals surface area (Å²) in [7, 11) is 1.41. The summed E-state index contributed by atoms with van der Waals surface area (Å²) < 4.78 is 31.8. The molecule has 0 spiro atoms. The minimum atomic E-state index is -1.49. The summed E-state index contributed by atoms with van der Waals surface area (Å²) in [5, 5.41) is 9.65. The van der Waals surface area contributed by atoms with Gasteiger partial charge in [-0.1, -0.05) is 0 Å². The van der Waals surface area contributed by atoms with Crippen molar-refractivity contribution >= 4 is 0 Å². The fraction of sp³-hybridized carbons (Fsp3) is 0.500. The molecule has 0 aromatic heterocycles. The predicted octanol–water partition coefficient (Wildman–Crippen LogP) is 2.67. The molecule has 1 aliphatic carbocycles. The number of alkyl halides is 1. The van der Waals surface area contributed by atoms with Crippen LogP contribution in [-0.2, 0) is 4.74 Å². The molecule has 0 aliphatic heterocycles. The van der Waals surface area contributed by atoms with Crippen LogP contribution < -0.4 is 0 Å². The summed E-state index contributed by atoms with van der Waals surface area (Å²) in [5.41, 5.74) is -0.989. The number of hydrogen-bond acceptors (Lipinski definition) is 2. The highest BCUT2D eigenvalue weighted by atomic mass is 19.1. The van der Waals surface area contributed by atoms with E-state index in [0.29, 0.717) is 0 Å². The minimum Gasteiger partial charge on any atom is -0.505 e. The van der Waals surface area contributed by atoms with E-state index < -0.39 is 23.5 Å². The van der Waals surface area contributed by atoms with E-state index >= 15 is 0 Å². The molecule has 2 atom stereocenters. The lowest BCUT2D eigenvalue weighted by Gasteiger charge is -2.26. The van der Waals surface area contributed by atoms with Gasteiger partial charge in [0.25, 0.3) is 0 Å². The molecule has 0 fully saturated rings. The Hall–Kier alpha value is -1.16. The van der Waals surface area contributed by atoms with Gasteiger partial charge in [0.1, 0.15) is 12.0 Å². The van der Waals surface area contributed by atoms with Crippen molar-refractivity contribution in [3.8, 4) is 0 Å². The summed E-state index contributed by atoms with van der Waals surface area (Å²) >= 11 is 0. The van der Waals surface area contributed by atoms with Crippen molar-refractivity contribution < 1.29 is 18.6 Å². The number of aliphatic hydroxyl groups is 1. The third kappa shape index (κ3) is 2.92. The third-order valence-corrected chi connectivity index (χ3v) is 2.42. The van der Waals surface area contributed by atoms with E-state index in [1.165, 1.54) is 45.4 Å². The number of hydrogen-bond donors (Lipinski definition) is 1. The second kappa shape index (κ2) is 4.78. The van der Waals surface area contributed by atoms with E-state index in [2.05, 4.69) is 4.74 Å². The van der Waals surface area contributed by atoms with Gasteiger partial charge in [-0.2, -0.15) is 0 Å². The Bertz CT molecular complexity index is 337. The molecule has 1 rings (SSSR count). The van der Waals surface area contributed by atoms with Crippen molar-refractivity contribution in [2.24, 2.45) is 5.92 Å². The molecule has 0 bridgehead atoms. The highest BCUT2D eigenvalue weighted by molar-refractivity contribution is 5.36. The van der Waals surface area contributed by atoms with Gasteiger partial charge in [-0.25, -0.2) is 8.78 Å².